The molecule has 1 aliphatic rings. The smallest absolute Gasteiger partial charge is 0.224 e. The van der Waals surface area contributed by atoms with Gasteiger partial charge in [-0.1, -0.05) is 30.7 Å². The molecular weight excluding hydrogens is 408 g/mol. The van der Waals surface area contributed by atoms with Crippen molar-refractivity contribution >= 4 is 28.5 Å². The molecule has 1 fully saturated rings. The molecule has 5 nitrogen and oxygen atoms in total. The van der Waals surface area contributed by atoms with Gasteiger partial charge in [-0.05, 0) is 61.3 Å². The second kappa shape index (κ2) is 9.41. The SMILES string of the molecule is CCN1CCN(C(=O)CCn2c(Cc3cccc(Cl)c3)nc3cc(C)c(C)cc32)CC1. The van der Waals surface area contributed by atoms with Gasteiger partial charge in [0.1, 0.15) is 5.82 Å². The van der Waals surface area contributed by atoms with Crippen molar-refractivity contribution in [1.29, 1.82) is 0 Å². The van der Waals surface area contributed by atoms with Crippen LogP contribution in [-0.4, -0.2) is 58.0 Å². The van der Waals surface area contributed by atoms with Crippen molar-refractivity contribution in [3.05, 3.63) is 63.9 Å². The summed E-state index contributed by atoms with van der Waals surface area (Å²) in [6.07, 6.45) is 1.18. The Bertz CT molecular complexity index is 1080. The van der Waals surface area contributed by atoms with Gasteiger partial charge in [0.25, 0.3) is 0 Å². The van der Waals surface area contributed by atoms with E-state index in [2.05, 4.69) is 48.4 Å². The largest absolute Gasteiger partial charge is 0.340 e. The summed E-state index contributed by atoms with van der Waals surface area (Å²) >= 11 is 6.20. The summed E-state index contributed by atoms with van der Waals surface area (Å²) < 4.78 is 2.23. The third kappa shape index (κ3) is 4.94. The van der Waals surface area contributed by atoms with Crippen molar-refractivity contribution in [3.63, 3.8) is 0 Å². The molecule has 1 amide bonds. The van der Waals surface area contributed by atoms with E-state index in [-0.39, 0.29) is 5.91 Å². The average Bonchev–Trinajstić information content (AvgIpc) is 3.08. The van der Waals surface area contributed by atoms with Crippen molar-refractivity contribution in [2.75, 3.05) is 32.7 Å². The second-order valence-corrected chi connectivity index (χ2v) is 8.91. The molecule has 0 aliphatic carbocycles. The highest BCUT2D eigenvalue weighted by molar-refractivity contribution is 6.30. The standard InChI is InChI=1S/C25H31ClN4O/c1-4-28-10-12-29(13-11-28)25(31)8-9-30-23-15-19(3)18(2)14-22(23)27-24(30)17-20-6-5-7-21(26)16-20/h5-7,14-16H,4,8-13,17H2,1-3H3. The first-order valence-electron chi connectivity index (χ1n) is 11.2. The Balaban J connectivity index is 1.57. The zero-order valence-corrected chi connectivity index (χ0v) is 19.5. The first kappa shape index (κ1) is 21.8. The van der Waals surface area contributed by atoms with Crippen LogP contribution in [0, 0.1) is 13.8 Å². The van der Waals surface area contributed by atoms with E-state index in [1.54, 1.807) is 0 Å². The predicted octanol–water partition coefficient (Wildman–Crippen LogP) is 4.45. The summed E-state index contributed by atoms with van der Waals surface area (Å²) in [7, 11) is 0. The van der Waals surface area contributed by atoms with Gasteiger partial charge in [-0.15, -0.1) is 0 Å². The molecule has 3 aromatic rings. The number of likely N-dealkylation sites (N-methyl/N-ethyl adjacent to an activating group) is 1. The highest BCUT2D eigenvalue weighted by Gasteiger charge is 2.21. The van der Waals surface area contributed by atoms with Crippen molar-refractivity contribution in [2.45, 2.75) is 40.2 Å². The Morgan fingerprint density at radius 3 is 2.52 bits per heavy atom. The van der Waals surface area contributed by atoms with Crippen molar-refractivity contribution in [1.82, 2.24) is 19.4 Å². The predicted molar refractivity (Wildman–Crippen MR) is 127 cm³/mol. The summed E-state index contributed by atoms with van der Waals surface area (Å²) in [4.78, 5) is 22.3. The number of aromatic nitrogens is 2. The van der Waals surface area contributed by atoms with Crippen molar-refractivity contribution < 1.29 is 4.79 Å². The maximum atomic E-state index is 12.9. The number of aryl methyl sites for hydroxylation is 3. The number of hydrogen-bond acceptors (Lipinski definition) is 3. The zero-order valence-electron chi connectivity index (χ0n) is 18.7. The number of halogens is 1. The van der Waals surface area contributed by atoms with E-state index in [0.29, 0.717) is 19.4 Å². The minimum Gasteiger partial charge on any atom is -0.340 e. The van der Waals surface area contributed by atoms with Crippen LogP contribution in [0.1, 0.15) is 35.9 Å². The van der Waals surface area contributed by atoms with Crippen LogP contribution in [0.15, 0.2) is 36.4 Å². The number of benzene rings is 2. The highest BCUT2D eigenvalue weighted by atomic mass is 35.5. The maximum absolute atomic E-state index is 12.9. The molecule has 2 heterocycles. The molecule has 31 heavy (non-hydrogen) atoms. The number of hydrogen-bond donors (Lipinski definition) is 0. The van der Waals surface area contributed by atoms with Crippen LogP contribution >= 0.6 is 11.6 Å². The van der Waals surface area contributed by atoms with Gasteiger partial charge in [-0.25, -0.2) is 4.98 Å². The van der Waals surface area contributed by atoms with Gasteiger partial charge in [-0.3, -0.25) is 4.79 Å². The Hall–Kier alpha value is -2.37. The van der Waals surface area contributed by atoms with E-state index in [1.807, 2.05) is 23.1 Å². The number of fused-ring (bicyclic) bond motifs is 1. The first-order valence-corrected chi connectivity index (χ1v) is 11.5. The van der Waals surface area contributed by atoms with Crippen molar-refractivity contribution in [3.8, 4) is 0 Å². The van der Waals surface area contributed by atoms with Gasteiger partial charge in [0, 0.05) is 50.6 Å². The van der Waals surface area contributed by atoms with E-state index in [4.69, 9.17) is 16.6 Å². The Kier molecular flexibility index (Phi) is 6.63. The van der Waals surface area contributed by atoms with Gasteiger partial charge in [0.2, 0.25) is 5.91 Å². The van der Waals surface area contributed by atoms with E-state index in [0.717, 1.165) is 60.2 Å². The molecule has 0 radical (unpaired) electrons. The monoisotopic (exact) mass is 438 g/mol. The Morgan fingerprint density at radius 2 is 1.81 bits per heavy atom. The molecule has 0 spiro atoms. The fourth-order valence-electron chi connectivity index (χ4n) is 4.32. The molecule has 4 rings (SSSR count). The summed E-state index contributed by atoms with van der Waals surface area (Å²) in [6, 6.07) is 12.3. The minimum absolute atomic E-state index is 0.232. The van der Waals surface area contributed by atoms with Gasteiger partial charge >= 0.3 is 0 Å². The van der Waals surface area contributed by atoms with Crippen molar-refractivity contribution in [2.24, 2.45) is 0 Å². The molecular formula is C25H31ClN4O. The molecule has 6 heteroatoms. The number of piperazine rings is 1. The third-order valence-corrected chi connectivity index (χ3v) is 6.65. The van der Waals surface area contributed by atoms with Gasteiger partial charge < -0.3 is 14.4 Å². The van der Waals surface area contributed by atoms with Crippen LogP contribution in [0.4, 0.5) is 0 Å². The van der Waals surface area contributed by atoms with E-state index in [1.165, 1.54) is 11.1 Å². The summed E-state index contributed by atoms with van der Waals surface area (Å²) in [6.45, 7) is 11.7. The number of carbonyl (C=O) groups excluding carboxylic acids is 1. The minimum atomic E-state index is 0.232. The Morgan fingerprint density at radius 1 is 1.06 bits per heavy atom. The van der Waals surface area contributed by atoms with E-state index in [9.17, 15) is 4.79 Å². The lowest BCUT2D eigenvalue weighted by atomic mass is 10.1. The van der Waals surface area contributed by atoms with Crippen LogP contribution in [0.3, 0.4) is 0 Å². The lowest BCUT2D eigenvalue weighted by Crippen LogP contribution is -2.48. The number of carbonyl (C=O) groups is 1. The van der Waals surface area contributed by atoms with Crippen LogP contribution < -0.4 is 0 Å². The highest BCUT2D eigenvalue weighted by Crippen LogP contribution is 2.24. The third-order valence-electron chi connectivity index (χ3n) is 6.42. The van der Waals surface area contributed by atoms with Gasteiger partial charge in [0.15, 0.2) is 0 Å². The summed E-state index contributed by atoms with van der Waals surface area (Å²) in [5.74, 6) is 1.21. The number of imidazole rings is 1. The normalized spacial score (nSPS) is 15.0. The quantitative estimate of drug-likeness (QED) is 0.570. The number of amides is 1. The molecule has 0 N–H and O–H groups in total. The fourth-order valence-corrected chi connectivity index (χ4v) is 4.54. The lowest BCUT2D eigenvalue weighted by Gasteiger charge is -2.34. The van der Waals surface area contributed by atoms with E-state index >= 15 is 0 Å². The average molecular weight is 439 g/mol. The molecule has 1 aromatic heterocycles. The lowest BCUT2D eigenvalue weighted by molar-refractivity contribution is -0.133. The summed E-state index contributed by atoms with van der Waals surface area (Å²) in [5, 5.41) is 0.730. The molecule has 164 valence electrons. The number of nitrogens with zero attached hydrogens (tertiary/aromatic N) is 4. The van der Waals surface area contributed by atoms with Crippen LogP contribution in [0.5, 0.6) is 0 Å². The first-order chi connectivity index (χ1) is 14.9. The maximum Gasteiger partial charge on any atom is 0.224 e. The molecule has 0 atom stereocenters. The zero-order chi connectivity index (χ0) is 22.0. The van der Waals surface area contributed by atoms with Gasteiger partial charge in [0.05, 0.1) is 11.0 Å². The van der Waals surface area contributed by atoms with Gasteiger partial charge in [-0.2, -0.15) is 0 Å². The molecule has 0 saturated carbocycles. The molecule has 0 bridgehead atoms. The molecule has 1 saturated heterocycles. The van der Waals surface area contributed by atoms with Crippen LogP contribution in [-0.2, 0) is 17.8 Å². The second-order valence-electron chi connectivity index (χ2n) is 8.48. The summed E-state index contributed by atoms with van der Waals surface area (Å²) in [5.41, 5.74) is 5.69. The van der Waals surface area contributed by atoms with Crippen LogP contribution in [0.25, 0.3) is 11.0 Å². The van der Waals surface area contributed by atoms with Crippen LogP contribution in [0.2, 0.25) is 5.02 Å². The fraction of sp³-hybridized carbons (Fsp3) is 0.440. The topological polar surface area (TPSA) is 41.4 Å². The van der Waals surface area contributed by atoms with E-state index < -0.39 is 0 Å². The number of rotatable bonds is 6. The molecule has 2 aromatic carbocycles. The Labute approximate surface area is 189 Å². The molecule has 1 aliphatic heterocycles. The molecule has 0 unspecified atom stereocenters.